The van der Waals surface area contributed by atoms with Gasteiger partial charge in [-0.2, -0.15) is 0 Å². The third kappa shape index (κ3) is 4.21. The van der Waals surface area contributed by atoms with Crippen molar-refractivity contribution in [3.63, 3.8) is 0 Å². The molecule has 0 radical (unpaired) electrons. The van der Waals surface area contributed by atoms with Crippen LogP contribution in [0.5, 0.6) is 0 Å². The molecular weight excluding hydrogens is 297 g/mol. The lowest BCUT2D eigenvalue weighted by atomic mass is 10.0. The lowest BCUT2D eigenvalue weighted by Crippen LogP contribution is -2.45. The summed E-state index contributed by atoms with van der Waals surface area (Å²) in [6.07, 6.45) is 3.76. The van der Waals surface area contributed by atoms with Gasteiger partial charge in [-0.25, -0.2) is 0 Å². The molecule has 2 aliphatic heterocycles. The smallest absolute Gasteiger partial charge is 0.0586 e. The molecule has 20 heavy (non-hydrogen) atoms. The van der Waals surface area contributed by atoms with Crippen LogP contribution in [0.3, 0.4) is 0 Å². The van der Waals surface area contributed by atoms with Gasteiger partial charge >= 0.3 is 0 Å². The second kappa shape index (κ2) is 8.76. The first-order chi connectivity index (χ1) is 8.90. The molecule has 4 atom stereocenters. The molecule has 2 unspecified atom stereocenters. The van der Waals surface area contributed by atoms with Gasteiger partial charge in [-0.3, -0.25) is 4.90 Å². The van der Waals surface area contributed by atoms with Gasteiger partial charge in [0.2, 0.25) is 0 Å². The number of likely N-dealkylation sites (tertiary alicyclic amines) is 1. The van der Waals surface area contributed by atoms with Crippen molar-refractivity contribution < 1.29 is 5.11 Å². The normalized spacial score (nSPS) is 35.9. The molecule has 6 heteroatoms. The van der Waals surface area contributed by atoms with E-state index in [0.717, 1.165) is 30.8 Å². The molecule has 3 aliphatic rings. The molecular formula is C14H29Cl2N3O. The number of hydrogen-bond acceptors (Lipinski definition) is 4. The molecule has 2 heterocycles. The van der Waals surface area contributed by atoms with Crippen LogP contribution in [0.1, 0.15) is 19.3 Å². The Hall–Kier alpha value is 0.420. The Labute approximate surface area is 134 Å². The fourth-order valence-electron chi connectivity index (χ4n) is 3.90. The van der Waals surface area contributed by atoms with Gasteiger partial charge in [-0.1, -0.05) is 6.42 Å². The number of fused-ring (bicyclic) bond motifs is 1. The highest BCUT2D eigenvalue weighted by Gasteiger charge is 2.51. The highest BCUT2D eigenvalue weighted by atomic mass is 35.5. The van der Waals surface area contributed by atoms with E-state index in [-0.39, 0.29) is 24.8 Å². The highest BCUT2D eigenvalue weighted by molar-refractivity contribution is 5.85. The van der Waals surface area contributed by atoms with Gasteiger partial charge in [0.1, 0.15) is 0 Å². The van der Waals surface area contributed by atoms with Gasteiger partial charge in [0.15, 0.2) is 0 Å². The number of aliphatic hydroxyl groups is 1. The van der Waals surface area contributed by atoms with Gasteiger partial charge in [0.25, 0.3) is 0 Å². The standard InChI is InChI=1S/C14H27N3O.2ClH/c18-10-11-3-1-2-5-17(11)6-4-15-7-12-13-8-16-9-14(12)13;;/h11-16,18H,1-10H2;2*1H/t11?,12?,13-,14+;;. The predicted molar refractivity (Wildman–Crippen MR) is 87.0 cm³/mol. The molecule has 0 spiro atoms. The van der Waals surface area contributed by atoms with E-state index in [1.165, 1.54) is 45.4 Å². The number of piperidine rings is 2. The number of aliphatic hydroxyl groups excluding tert-OH is 1. The molecule has 0 aromatic carbocycles. The van der Waals surface area contributed by atoms with E-state index in [1.54, 1.807) is 0 Å². The van der Waals surface area contributed by atoms with E-state index in [0.29, 0.717) is 12.6 Å². The molecule has 0 bridgehead atoms. The lowest BCUT2D eigenvalue weighted by molar-refractivity contribution is 0.0910. The number of halogens is 2. The van der Waals surface area contributed by atoms with Gasteiger partial charge in [0.05, 0.1) is 6.61 Å². The molecule has 0 aromatic heterocycles. The topological polar surface area (TPSA) is 47.5 Å². The molecule has 1 saturated carbocycles. The van der Waals surface area contributed by atoms with Crippen molar-refractivity contribution in [1.29, 1.82) is 0 Å². The summed E-state index contributed by atoms with van der Waals surface area (Å²) >= 11 is 0. The Morgan fingerprint density at radius 2 is 1.90 bits per heavy atom. The SMILES string of the molecule is Cl.Cl.OCC1CCCCN1CCNCC1[C@H]2CNC[C@@H]12. The van der Waals surface area contributed by atoms with Crippen LogP contribution >= 0.6 is 24.8 Å². The quantitative estimate of drug-likeness (QED) is 0.630. The summed E-state index contributed by atoms with van der Waals surface area (Å²) in [5.41, 5.74) is 0. The van der Waals surface area contributed by atoms with Crippen molar-refractivity contribution in [3.05, 3.63) is 0 Å². The maximum atomic E-state index is 9.36. The average Bonchev–Trinajstić information content (AvgIpc) is 2.85. The van der Waals surface area contributed by atoms with Crippen LogP contribution in [0.15, 0.2) is 0 Å². The predicted octanol–water partition coefficient (Wildman–Crippen LogP) is 0.732. The minimum absolute atomic E-state index is 0. The van der Waals surface area contributed by atoms with E-state index in [4.69, 9.17) is 0 Å². The van der Waals surface area contributed by atoms with E-state index < -0.39 is 0 Å². The van der Waals surface area contributed by atoms with Crippen molar-refractivity contribution in [1.82, 2.24) is 15.5 Å². The van der Waals surface area contributed by atoms with Crippen molar-refractivity contribution in [2.24, 2.45) is 17.8 Å². The van der Waals surface area contributed by atoms with Crippen molar-refractivity contribution in [2.75, 3.05) is 45.9 Å². The minimum Gasteiger partial charge on any atom is -0.395 e. The lowest BCUT2D eigenvalue weighted by Gasteiger charge is -2.34. The summed E-state index contributed by atoms with van der Waals surface area (Å²) in [5, 5.41) is 16.4. The number of hydrogen-bond donors (Lipinski definition) is 3. The number of nitrogens with zero attached hydrogens (tertiary/aromatic N) is 1. The van der Waals surface area contributed by atoms with Crippen LogP contribution in [-0.2, 0) is 0 Å². The van der Waals surface area contributed by atoms with E-state index in [1.807, 2.05) is 0 Å². The van der Waals surface area contributed by atoms with Gasteiger partial charge in [0, 0.05) is 19.1 Å². The first kappa shape index (κ1) is 18.5. The fraction of sp³-hybridized carbons (Fsp3) is 1.00. The average molecular weight is 326 g/mol. The Kier molecular flexibility index (Phi) is 8.09. The van der Waals surface area contributed by atoms with Crippen molar-refractivity contribution in [2.45, 2.75) is 25.3 Å². The first-order valence-electron chi connectivity index (χ1n) is 7.66. The summed E-state index contributed by atoms with van der Waals surface area (Å²) in [6, 6.07) is 0.421. The van der Waals surface area contributed by atoms with Crippen molar-refractivity contribution in [3.8, 4) is 0 Å². The summed E-state index contributed by atoms with van der Waals surface area (Å²) < 4.78 is 0. The van der Waals surface area contributed by atoms with Crippen LogP contribution in [0.2, 0.25) is 0 Å². The highest BCUT2D eigenvalue weighted by Crippen LogP contribution is 2.47. The molecule has 3 rings (SSSR count). The van der Waals surface area contributed by atoms with Crippen LogP contribution in [0, 0.1) is 17.8 Å². The largest absolute Gasteiger partial charge is 0.395 e. The molecule has 0 aromatic rings. The molecule has 3 fully saturated rings. The second-order valence-corrected chi connectivity index (χ2v) is 6.22. The first-order valence-corrected chi connectivity index (χ1v) is 7.66. The second-order valence-electron chi connectivity index (χ2n) is 6.22. The van der Waals surface area contributed by atoms with Crippen LogP contribution in [0.4, 0.5) is 0 Å². The van der Waals surface area contributed by atoms with E-state index in [9.17, 15) is 5.11 Å². The zero-order valence-electron chi connectivity index (χ0n) is 12.1. The third-order valence-electron chi connectivity index (χ3n) is 5.18. The summed E-state index contributed by atoms with van der Waals surface area (Å²) in [7, 11) is 0. The maximum absolute atomic E-state index is 9.36. The summed E-state index contributed by atoms with van der Waals surface area (Å²) in [6.45, 7) is 7.38. The Morgan fingerprint density at radius 1 is 1.15 bits per heavy atom. The molecule has 4 nitrogen and oxygen atoms in total. The third-order valence-corrected chi connectivity index (χ3v) is 5.18. The van der Waals surface area contributed by atoms with Crippen molar-refractivity contribution >= 4 is 24.8 Å². The summed E-state index contributed by atoms with van der Waals surface area (Å²) in [4.78, 5) is 2.46. The van der Waals surface area contributed by atoms with E-state index >= 15 is 0 Å². The zero-order chi connectivity index (χ0) is 12.4. The van der Waals surface area contributed by atoms with Gasteiger partial charge < -0.3 is 15.7 Å². The number of nitrogens with one attached hydrogen (secondary N) is 2. The van der Waals surface area contributed by atoms with Crippen LogP contribution < -0.4 is 10.6 Å². The van der Waals surface area contributed by atoms with Crippen LogP contribution in [-0.4, -0.2) is 61.9 Å². The molecule has 3 N–H and O–H groups in total. The Morgan fingerprint density at radius 3 is 2.60 bits per heavy atom. The monoisotopic (exact) mass is 325 g/mol. The molecule has 0 amide bonds. The molecule has 120 valence electrons. The Balaban J connectivity index is 0.000001000. The van der Waals surface area contributed by atoms with Gasteiger partial charge in [-0.05, 0) is 56.8 Å². The maximum Gasteiger partial charge on any atom is 0.0586 e. The Bertz CT molecular complexity index is 273. The zero-order valence-corrected chi connectivity index (χ0v) is 13.7. The fourth-order valence-corrected chi connectivity index (χ4v) is 3.90. The molecule has 2 saturated heterocycles. The van der Waals surface area contributed by atoms with Crippen LogP contribution in [0.25, 0.3) is 0 Å². The van der Waals surface area contributed by atoms with Gasteiger partial charge in [-0.15, -0.1) is 24.8 Å². The number of rotatable bonds is 6. The van der Waals surface area contributed by atoms with E-state index in [2.05, 4.69) is 15.5 Å². The minimum atomic E-state index is 0. The summed E-state index contributed by atoms with van der Waals surface area (Å²) in [5.74, 6) is 2.89. The molecule has 1 aliphatic carbocycles.